The minimum absolute atomic E-state index is 0.224. The maximum Gasteiger partial charge on any atom is 0.340 e. The van der Waals surface area contributed by atoms with Gasteiger partial charge in [-0.3, -0.25) is 4.79 Å². The van der Waals surface area contributed by atoms with Crippen LogP contribution in [-0.4, -0.2) is 31.8 Å². The van der Waals surface area contributed by atoms with Crippen molar-refractivity contribution in [1.82, 2.24) is 0 Å². The third kappa shape index (κ3) is 8.46. The van der Waals surface area contributed by atoms with Gasteiger partial charge in [-0.25, -0.2) is 4.79 Å². The molecule has 0 aliphatic rings. The number of benzene rings is 2. The second kappa shape index (κ2) is 13.0. The summed E-state index contributed by atoms with van der Waals surface area (Å²) in [7, 11) is 1.51. The first-order chi connectivity index (χ1) is 15.3. The molecule has 1 unspecified atom stereocenters. The third-order valence-electron chi connectivity index (χ3n) is 5.43. The van der Waals surface area contributed by atoms with Crippen LogP contribution in [0.25, 0.3) is 10.8 Å². The number of carbonyl (C=O) groups excluding carboxylic acids is 2. The van der Waals surface area contributed by atoms with Crippen molar-refractivity contribution in [2.45, 2.75) is 65.6 Å². The SMILES string of the molecule is COC(C(=O)O[C@@H](CCOC(C)=O)C[C@H](C)CCC=C(C)C)c1ccc2ccccc2c1. The van der Waals surface area contributed by atoms with E-state index in [1.165, 1.54) is 19.6 Å². The highest BCUT2D eigenvalue weighted by atomic mass is 16.6. The van der Waals surface area contributed by atoms with Crippen LogP contribution >= 0.6 is 0 Å². The van der Waals surface area contributed by atoms with Crippen LogP contribution in [0.5, 0.6) is 0 Å². The number of esters is 2. The Hall–Kier alpha value is -2.66. The largest absolute Gasteiger partial charge is 0.466 e. The first kappa shape index (κ1) is 25.6. The van der Waals surface area contributed by atoms with Crippen LogP contribution in [0, 0.1) is 5.92 Å². The molecule has 0 N–H and O–H groups in total. The molecule has 5 heteroatoms. The summed E-state index contributed by atoms with van der Waals surface area (Å²) < 4.78 is 16.5. The standard InChI is InChI=1S/C27H36O5/c1-19(2)9-8-10-20(3)17-25(15-16-31-21(4)28)32-27(29)26(30-5)24-14-13-22-11-6-7-12-23(22)18-24/h6-7,9,11-14,18,20,25-26H,8,10,15-17H2,1-5H3/t20-,25+,26?/m1/s1. The number of rotatable bonds is 12. The maximum atomic E-state index is 13.0. The van der Waals surface area contributed by atoms with Gasteiger partial charge in [-0.15, -0.1) is 0 Å². The van der Waals surface area contributed by atoms with Gasteiger partial charge in [0.2, 0.25) is 0 Å². The van der Waals surface area contributed by atoms with Gasteiger partial charge in [0.1, 0.15) is 6.10 Å². The lowest BCUT2D eigenvalue weighted by atomic mass is 9.96. The van der Waals surface area contributed by atoms with Crippen molar-refractivity contribution in [1.29, 1.82) is 0 Å². The fourth-order valence-corrected chi connectivity index (χ4v) is 3.75. The molecule has 2 aromatic carbocycles. The topological polar surface area (TPSA) is 61.8 Å². The fourth-order valence-electron chi connectivity index (χ4n) is 3.75. The number of hydrogen-bond donors (Lipinski definition) is 0. The highest BCUT2D eigenvalue weighted by Gasteiger charge is 2.26. The number of hydrogen-bond acceptors (Lipinski definition) is 5. The Balaban J connectivity index is 2.08. The number of ether oxygens (including phenoxy) is 3. The summed E-state index contributed by atoms with van der Waals surface area (Å²) in [6.45, 7) is 7.94. The molecule has 2 rings (SSSR count). The molecule has 3 atom stereocenters. The number of allylic oxidation sites excluding steroid dienone is 2. The smallest absolute Gasteiger partial charge is 0.340 e. The zero-order valence-corrected chi connectivity index (χ0v) is 19.9. The Kier molecular flexibility index (Phi) is 10.4. The van der Waals surface area contributed by atoms with E-state index < -0.39 is 12.1 Å². The minimum Gasteiger partial charge on any atom is -0.466 e. The van der Waals surface area contributed by atoms with E-state index in [1.54, 1.807) is 0 Å². The molecule has 0 radical (unpaired) electrons. The Morgan fingerprint density at radius 1 is 1.00 bits per heavy atom. The van der Waals surface area contributed by atoms with Crippen molar-refractivity contribution in [2.24, 2.45) is 5.92 Å². The predicted octanol–water partition coefficient (Wildman–Crippen LogP) is 6.16. The van der Waals surface area contributed by atoms with Crippen LogP contribution in [0.15, 0.2) is 54.1 Å². The van der Waals surface area contributed by atoms with Crippen molar-refractivity contribution < 1.29 is 23.8 Å². The molecular weight excluding hydrogens is 404 g/mol. The lowest BCUT2D eigenvalue weighted by molar-refractivity contribution is -0.163. The number of methoxy groups -OCH3 is 1. The first-order valence-corrected chi connectivity index (χ1v) is 11.3. The second-order valence-corrected chi connectivity index (χ2v) is 8.61. The van der Waals surface area contributed by atoms with Gasteiger partial charge in [0, 0.05) is 20.5 Å². The molecule has 0 bridgehead atoms. The highest BCUT2D eigenvalue weighted by molar-refractivity contribution is 5.85. The van der Waals surface area contributed by atoms with Crippen molar-refractivity contribution in [3.63, 3.8) is 0 Å². The Morgan fingerprint density at radius 2 is 1.72 bits per heavy atom. The maximum absolute atomic E-state index is 13.0. The summed E-state index contributed by atoms with van der Waals surface area (Å²) in [6.07, 6.45) is 4.23. The molecular formula is C27H36O5. The Bertz CT molecular complexity index is 913. The van der Waals surface area contributed by atoms with Crippen molar-refractivity contribution in [3.05, 3.63) is 59.7 Å². The van der Waals surface area contributed by atoms with E-state index in [-0.39, 0.29) is 18.7 Å². The monoisotopic (exact) mass is 440 g/mol. The van der Waals surface area contributed by atoms with Crippen LogP contribution in [0.2, 0.25) is 0 Å². The second-order valence-electron chi connectivity index (χ2n) is 8.61. The average molecular weight is 441 g/mol. The van der Waals surface area contributed by atoms with E-state index in [0.29, 0.717) is 18.8 Å². The molecule has 0 amide bonds. The quantitative estimate of drug-likeness (QED) is 0.292. The zero-order chi connectivity index (χ0) is 23.5. The van der Waals surface area contributed by atoms with Gasteiger partial charge in [0.25, 0.3) is 0 Å². The molecule has 0 heterocycles. The Morgan fingerprint density at radius 3 is 2.38 bits per heavy atom. The van der Waals surface area contributed by atoms with Crippen LogP contribution in [0.3, 0.4) is 0 Å². The van der Waals surface area contributed by atoms with E-state index >= 15 is 0 Å². The van der Waals surface area contributed by atoms with Crippen molar-refractivity contribution >= 4 is 22.7 Å². The molecule has 32 heavy (non-hydrogen) atoms. The summed E-state index contributed by atoms with van der Waals surface area (Å²) in [5, 5.41) is 2.14. The predicted molar refractivity (Wildman–Crippen MR) is 127 cm³/mol. The summed E-state index contributed by atoms with van der Waals surface area (Å²) in [4.78, 5) is 24.2. The van der Waals surface area contributed by atoms with Crippen molar-refractivity contribution in [3.8, 4) is 0 Å². The molecule has 174 valence electrons. The van der Waals surface area contributed by atoms with Crippen LogP contribution in [-0.2, 0) is 23.8 Å². The molecule has 5 nitrogen and oxygen atoms in total. The highest BCUT2D eigenvalue weighted by Crippen LogP contribution is 2.26. The van der Waals surface area contributed by atoms with Crippen LogP contribution in [0.1, 0.15) is 65.0 Å². The molecule has 0 aliphatic heterocycles. The average Bonchev–Trinajstić information content (AvgIpc) is 2.73. The Labute approximate surface area is 191 Å². The lowest BCUT2D eigenvalue weighted by Gasteiger charge is -2.24. The van der Waals surface area contributed by atoms with Gasteiger partial charge in [0.15, 0.2) is 6.10 Å². The van der Waals surface area contributed by atoms with Crippen molar-refractivity contribution in [2.75, 3.05) is 13.7 Å². The van der Waals surface area contributed by atoms with E-state index in [1.807, 2.05) is 42.5 Å². The molecule has 2 aromatic rings. The molecule has 0 saturated heterocycles. The molecule has 0 spiro atoms. The molecule has 0 aliphatic carbocycles. The fraction of sp³-hybridized carbons (Fsp3) is 0.481. The van der Waals surface area contributed by atoms with E-state index in [9.17, 15) is 9.59 Å². The summed E-state index contributed by atoms with van der Waals surface area (Å²) >= 11 is 0. The summed E-state index contributed by atoms with van der Waals surface area (Å²) in [6, 6.07) is 13.8. The van der Waals surface area contributed by atoms with E-state index in [4.69, 9.17) is 14.2 Å². The van der Waals surface area contributed by atoms with Gasteiger partial charge in [-0.05, 0) is 61.4 Å². The first-order valence-electron chi connectivity index (χ1n) is 11.3. The van der Waals surface area contributed by atoms with Crippen LogP contribution in [0.4, 0.5) is 0 Å². The lowest BCUT2D eigenvalue weighted by Crippen LogP contribution is -2.27. The third-order valence-corrected chi connectivity index (χ3v) is 5.43. The van der Waals surface area contributed by atoms with Gasteiger partial charge < -0.3 is 14.2 Å². The normalized spacial score (nSPS) is 13.8. The molecule has 0 saturated carbocycles. The molecule has 0 fully saturated rings. The minimum atomic E-state index is -0.809. The van der Waals surface area contributed by atoms with E-state index in [2.05, 4.69) is 26.8 Å². The summed E-state index contributed by atoms with van der Waals surface area (Å²) in [5.74, 6) is -0.396. The van der Waals surface area contributed by atoms with Gasteiger partial charge in [-0.2, -0.15) is 0 Å². The van der Waals surface area contributed by atoms with Gasteiger partial charge in [0.05, 0.1) is 6.61 Å². The number of carbonyl (C=O) groups is 2. The summed E-state index contributed by atoms with van der Waals surface area (Å²) in [5.41, 5.74) is 2.06. The van der Waals surface area contributed by atoms with Gasteiger partial charge in [-0.1, -0.05) is 55.0 Å². The van der Waals surface area contributed by atoms with Gasteiger partial charge >= 0.3 is 11.9 Å². The van der Waals surface area contributed by atoms with Crippen LogP contribution < -0.4 is 0 Å². The molecule has 0 aromatic heterocycles. The zero-order valence-electron chi connectivity index (χ0n) is 19.9. The number of fused-ring (bicyclic) bond motifs is 1. The van der Waals surface area contributed by atoms with E-state index in [0.717, 1.165) is 29.2 Å².